The van der Waals surface area contributed by atoms with E-state index in [1.165, 1.54) is 30.4 Å². The monoisotopic (exact) mass is 433 g/mol. The molecule has 4 rings (SSSR count). The molecule has 3 aromatic rings. The van der Waals surface area contributed by atoms with Crippen molar-refractivity contribution >= 4 is 5.97 Å². The van der Waals surface area contributed by atoms with Crippen LogP contribution in [0.2, 0.25) is 0 Å². The molecule has 1 aromatic heterocycles. The molecule has 2 aromatic carbocycles. The van der Waals surface area contributed by atoms with Crippen LogP contribution in [0.3, 0.4) is 0 Å². The summed E-state index contributed by atoms with van der Waals surface area (Å²) in [6.45, 7) is 9.80. The fraction of sp³-hybridized carbons (Fsp3) is 0.407. The summed E-state index contributed by atoms with van der Waals surface area (Å²) in [4.78, 5) is 15.2. The van der Waals surface area contributed by atoms with E-state index >= 15 is 0 Å². The van der Waals surface area contributed by atoms with Crippen molar-refractivity contribution in [3.05, 3.63) is 83.1 Å². The first-order valence-electron chi connectivity index (χ1n) is 11.1. The average molecular weight is 434 g/mol. The van der Waals surface area contributed by atoms with Crippen LogP contribution in [0.1, 0.15) is 80.9 Å². The van der Waals surface area contributed by atoms with Gasteiger partial charge in [-0.3, -0.25) is 4.79 Å². The third-order valence-corrected chi connectivity index (χ3v) is 6.78. The van der Waals surface area contributed by atoms with Crippen molar-refractivity contribution in [1.29, 1.82) is 0 Å². The molecular formula is C27H31NO4. The lowest BCUT2D eigenvalue weighted by atomic mass is 9.63. The molecule has 0 aliphatic heterocycles. The van der Waals surface area contributed by atoms with Gasteiger partial charge in [0.1, 0.15) is 18.1 Å². The number of fused-ring (bicyclic) bond motifs is 1. The van der Waals surface area contributed by atoms with Gasteiger partial charge >= 0.3 is 5.97 Å². The normalized spacial score (nSPS) is 17.4. The zero-order chi connectivity index (χ0) is 22.9. The molecule has 1 heterocycles. The van der Waals surface area contributed by atoms with Gasteiger partial charge in [0.15, 0.2) is 6.39 Å². The maximum atomic E-state index is 11.3. The molecule has 1 aliphatic carbocycles. The Balaban J connectivity index is 1.49. The Labute approximate surface area is 189 Å². The van der Waals surface area contributed by atoms with Crippen molar-refractivity contribution in [2.24, 2.45) is 0 Å². The molecular weight excluding hydrogens is 402 g/mol. The molecule has 0 spiro atoms. The van der Waals surface area contributed by atoms with E-state index in [2.05, 4.69) is 50.9 Å². The Kier molecular flexibility index (Phi) is 5.85. The molecule has 0 saturated heterocycles. The first kappa shape index (κ1) is 22.1. The Morgan fingerprint density at radius 3 is 2.38 bits per heavy atom. The number of nitrogens with zero attached hydrogens (tertiary/aromatic N) is 1. The molecule has 0 amide bonds. The highest BCUT2D eigenvalue weighted by Crippen LogP contribution is 2.46. The first-order valence-corrected chi connectivity index (χ1v) is 11.1. The zero-order valence-electron chi connectivity index (χ0n) is 19.2. The summed E-state index contributed by atoms with van der Waals surface area (Å²) < 4.78 is 11.4. The van der Waals surface area contributed by atoms with Gasteiger partial charge in [-0.05, 0) is 58.1 Å². The molecule has 5 heteroatoms. The standard InChI is InChI=1S/C27H31NO4/c1-26(2)11-12-27(3,4)23-13-18(5-10-22(23)26)16-31-20-8-6-19(7-9-20)21(14-25(29)30)24-15-28-17-32-24/h5-10,13,15,17,21H,11-12,14,16H2,1-4H3,(H,29,30). The Morgan fingerprint density at radius 2 is 1.75 bits per heavy atom. The molecule has 0 radical (unpaired) electrons. The Hall–Kier alpha value is -3.08. The van der Waals surface area contributed by atoms with Crippen LogP contribution in [-0.4, -0.2) is 16.1 Å². The lowest BCUT2D eigenvalue weighted by Crippen LogP contribution is -2.33. The molecule has 1 atom stereocenters. The van der Waals surface area contributed by atoms with Gasteiger partial charge in [-0.1, -0.05) is 58.0 Å². The predicted molar refractivity (Wildman–Crippen MR) is 123 cm³/mol. The van der Waals surface area contributed by atoms with E-state index in [0.29, 0.717) is 12.4 Å². The average Bonchev–Trinajstić information content (AvgIpc) is 3.29. The number of ether oxygens (including phenoxy) is 1. The van der Waals surface area contributed by atoms with Crippen LogP contribution in [0.5, 0.6) is 5.75 Å². The smallest absolute Gasteiger partial charge is 0.304 e. The van der Waals surface area contributed by atoms with Crippen molar-refractivity contribution in [2.75, 3.05) is 0 Å². The van der Waals surface area contributed by atoms with Crippen molar-refractivity contribution in [1.82, 2.24) is 4.98 Å². The van der Waals surface area contributed by atoms with Gasteiger partial charge in [0.25, 0.3) is 0 Å². The minimum absolute atomic E-state index is 0.0589. The summed E-state index contributed by atoms with van der Waals surface area (Å²) in [6.07, 6.45) is 5.21. The summed E-state index contributed by atoms with van der Waals surface area (Å²) in [5.41, 5.74) is 5.25. The van der Waals surface area contributed by atoms with E-state index in [0.717, 1.165) is 16.9 Å². The van der Waals surface area contributed by atoms with E-state index in [4.69, 9.17) is 9.15 Å². The summed E-state index contributed by atoms with van der Waals surface area (Å²) >= 11 is 0. The number of benzene rings is 2. The maximum Gasteiger partial charge on any atom is 0.304 e. The summed E-state index contributed by atoms with van der Waals surface area (Å²) in [5.74, 6) is 0.0268. The van der Waals surface area contributed by atoms with Gasteiger partial charge in [-0.15, -0.1) is 0 Å². The van der Waals surface area contributed by atoms with Crippen molar-refractivity contribution in [3.63, 3.8) is 0 Å². The van der Waals surface area contributed by atoms with Crippen molar-refractivity contribution in [2.45, 2.75) is 70.3 Å². The van der Waals surface area contributed by atoms with Crippen molar-refractivity contribution in [3.8, 4) is 5.75 Å². The highest BCUT2D eigenvalue weighted by molar-refractivity contribution is 5.68. The van der Waals surface area contributed by atoms with Crippen LogP contribution >= 0.6 is 0 Å². The van der Waals surface area contributed by atoms with Gasteiger partial charge in [-0.2, -0.15) is 0 Å². The quantitative estimate of drug-likeness (QED) is 0.480. The Morgan fingerprint density at radius 1 is 1.06 bits per heavy atom. The van der Waals surface area contributed by atoms with E-state index in [-0.39, 0.29) is 23.2 Å². The Bertz CT molecular complexity index is 1080. The van der Waals surface area contributed by atoms with E-state index < -0.39 is 5.97 Å². The molecule has 5 nitrogen and oxygen atoms in total. The molecule has 1 aliphatic rings. The molecule has 0 saturated carbocycles. The third-order valence-electron chi connectivity index (χ3n) is 6.78. The fourth-order valence-corrected chi connectivity index (χ4v) is 4.64. The lowest BCUT2D eigenvalue weighted by Gasteiger charge is -2.42. The number of hydrogen-bond acceptors (Lipinski definition) is 4. The first-order chi connectivity index (χ1) is 15.2. The summed E-state index contributed by atoms with van der Waals surface area (Å²) in [5, 5.41) is 9.28. The molecule has 32 heavy (non-hydrogen) atoms. The summed E-state index contributed by atoms with van der Waals surface area (Å²) in [6, 6.07) is 14.3. The number of aliphatic carboxylic acids is 1. The van der Waals surface area contributed by atoms with Gasteiger partial charge in [0.05, 0.1) is 18.5 Å². The van der Waals surface area contributed by atoms with E-state index in [1.807, 2.05) is 24.3 Å². The topological polar surface area (TPSA) is 72.6 Å². The largest absolute Gasteiger partial charge is 0.489 e. The fourth-order valence-electron chi connectivity index (χ4n) is 4.64. The lowest BCUT2D eigenvalue weighted by molar-refractivity contribution is -0.137. The van der Waals surface area contributed by atoms with Crippen LogP contribution in [0.25, 0.3) is 0 Å². The van der Waals surface area contributed by atoms with E-state index in [9.17, 15) is 9.90 Å². The number of carboxylic acids is 1. The van der Waals surface area contributed by atoms with Gasteiger partial charge in [-0.25, -0.2) is 4.98 Å². The van der Waals surface area contributed by atoms with Crippen LogP contribution in [-0.2, 0) is 22.2 Å². The second-order valence-electron chi connectivity index (χ2n) is 10.1. The number of oxazole rings is 1. The van der Waals surface area contributed by atoms with Crippen LogP contribution in [0.15, 0.2) is 59.5 Å². The number of carboxylic acid groups (broad SMARTS) is 1. The summed E-state index contributed by atoms with van der Waals surface area (Å²) in [7, 11) is 0. The minimum atomic E-state index is -0.884. The van der Waals surface area contributed by atoms with Gasteiger partial charge in [0.2, 0.25) is 0 Å². The number of aromatic nitrogens is 1. The molecule has 0 fully saturated rings. The van der Waals surface area contributed by atoms with Crippen molar-refractivity contribution < 1.29 is 19.1 Å². The predicted octanol–water partition coefficient (Wildman–Crippen LogP) is 6.21. The highest BCUT2D eigenvalue weighted by atomic mass is 16.5. The minimum Gasteiger partial charge on any atom is -0.489 e. The van der Waals surface area contributed by atoms with Crippen LogP contribution in [0, 0.1) is 0 Å². The van der Waals surface area contributed by atoms with Gasteiger partial charge in [0, 0.05) is 0 Å². The molecule has 168 valence electrons. The second-order valence-corrected chi connectivity index (χ2v) is 10.1. The molecule has 1 unspecified atom stereocenters. The zero-order valence-corrected chi connectivity index (χ0v) is 19.2. The third kappa shape index (κ3) is 4.57. The van der Waals surface area contributed by atoms with Gasteiger partial charge < -0.3 is 14.3 Å². The maximum absolute atomic E-state index is 11.3. The highest BCUT2D eigenvalue weighted by Gasteiger charge is 2.36. The van der Waals surface area contributed by atoms with Crippen LogP contribution < -0.4 is 4.74 Å². The van der Waals surface area contributed by atoms with Crippen LogP contribution in [0.4, 0.5) is 0 Å². The number of hydrogen-bond donors (Lipinski definition) is 1. The molecule has 1 N–H and O–H groups in total. The SMILES string of the molecule is CC1(C)CCC(C)(C)c2cc(COc3ccc(C(CC(=O)O)c4cnco4)cc3)ccc21. The van der Waals surface area contributed by atoms with E-state index in [1.54, 1.807) is 6.20 Å². The molecule has 0 bridgehead atoms. The number of rotatable bonds is 7. The number of carbonyl (C=O) groups is 1. The second kappa shape index (κ2) is 8.45.